The van der Waals surface area contributed by atoms with Crippen molar-refractivity contribution >= 4 is 45.6 Å². The van der Waals surface area contributed by atoms with E-state index in [4.69, 9.17) is 16.6 Å². The first kappa shape index (κ1) is 21.2. The maximum atomic E-state index is 12.9. The molecule has 1 amide bonds. The lowest BCUT2D eigenvalue weighted by molar-refractivity contribution is 0.102. The Morgan fingerprint density at radius 1 is 0.879 bits per heavy atom. The molecule has 0 aliphatic carbocycles. The number of amides is 1. The lowest BCUT2D eigenvalue weighted by Crippen LogP contribution is -2.12. The van der Waals surface area contributed by atoms with Crippen LogP contribution in [0, 0.1) is 13.8 Å². The molecule has 0 saturated carbocycles. The third kappa shape index (κ3) is 4.35. The van der Waals surface area contributed by atoms with E-state index in [1.165, 1.54) is 11.3 Å². The van der Waals surface area contributed by atoms with Crippen LogP contribution in [0.2, 0.25) is 5.02 Å². The Bertz CT molecular complexity index is 1510. The van der Waals surface area contributed by atoms with E-state index < -0.39 is 0 Å². The van der Waals surface area contributed by atoms with Gasteiger partial charge < -0.3 is 5.32 Å². The SMILES string of the molecule is Cc1nc2ccc(C(=O)Nc3cccc(-c4csc(-c5ccccc5Cl)n4)c3)cc2nc1C. The molecule has 162 valence electrons. The number of carbonyl (C=O) groups is 1. The molecule has 0 unspecified atom stereocenters. The minimum Gasteiger partial charge on any atom is -0.322 e. The molecular weight excluding hydrogens is 452 g/mol. The van der Waals surface area contributed by atoms with E-state index in [9.17, 15) is 4.79 Å². The summed E-state index contributed by atoms with van der Waals surface area (Å²) in [6.45, 7) is 3.84. The highest BCUT2D eigenvalue weighted by Gasteiger charge is 2.12. The molecule has 0 atom stereocenters. The van der Waals surface area contributed by atoms with Crippen LogP contribution in [0.25, 0.3) is 32.9 Å². The Hall–Kier alpha value is -3.61. The molecule has 3 aromatic carbocycles. The summed E-state index contributed by atoms with van der Waals surface area (Å²) in [4.78, 5) is 26.7. The molecule has 0 saturated heterocycles. The number of hydrogen-bond donors (Lipinski definition) is 1. The number of nitrogens with zero attached hydrogens (tertiary/aromatic N) is 3. The Kier molecular flexibility index (Phi) is 5.62. The largest absolute Gasteiger partial charge is 0.322 e. The summed E-state index contributed by atoms with van der Waals surface area (Å²) in [7, 11) is 0. The Morgan fingerprint density at radius 2 is 1.67 bits per heavy atom. The van der Waals surface area contributed by atoms with Crippen molar-refractivity contribution in [2.75, 3.05) is 5.32 Å². The third-order valence-electron chi connectivity index (χ3n) is 5.36. The van der Waals surface area contributed by atoms with Crippen LogP contribution in [0.1, 0.15) is 21.7 Å². The van der Waals surface area contributed by atoms with Crippen molar-refractivity contribution < 1.29 is 4.79 Å². The van der Waals surface area contributed by atoms with Crippen molar-refractivity contribution in [3.8, 4) is 21.8 Å². The minimum atomic E-state index is -0.205. The van der Waals surface area contributed by atoms with Crippen molar-refractivity contribution in [2.24, 2.45) is 0 Å². The molecule has 0 aliphatic heterocycles. The zero-order chi connectivity index (χ0) is 22.9. The monoisotopic (exact) mass is 470 g/mol. The number of nitrogens with one attached hydrogen (secondary N) is 1. The number of anilines is 1. The molecule has 7 heteroatoms. The molecule has 5 aromatic rings. The zero-order valence-corrected chi connectivity index (χ0v) is 19.5. The molecular formula is C26H19ClN4OS. The van der Waals surface area contributed by atoms with Gasteiger partial charge in [-0.3, -0.25) is 4.79 Å². The first-order valence-electron chi connectivity index (χ1n) is 10.4. The first-order valence-corrected chi connectivity index (χ1v) is 11.6. The molecule has 2 aromatic heterocycles. The summed E-state index contributed by atoms with van der Waals surface area (Å²) in [6, 6.07) is 20.7. The number of fused-ring (bicyclic) bond motifs is 1. The maximum Gasteiger partial charge on any atom is 0.255 e. The van der Waals surface area contributed by atoms with Crippen molar-refractivity contribution in [3.05, 3.63) is 94.1 Å². The van der Waals surface area contributed by atoms with Crippen LogP contribution in [-0.2, 0) is 0 Å². The number of benzene rings is 3. The highest BCUT2D eigenvalue weighted by Crippen LogP contribution is 2.33. The number of thiazole rings is 1. The van der Waals surface area contributed by atoms with Gasteiger partial charge in [0.2, 0.25) is 0 Å². The second kappa shape index (κ2) is 8.73. The molecule has 0 radical (unpaired) electrons. The predicted octanol–water partition coefficient (Wildman–Crippen LogP) is 6.94. The second-order valence-corrected chi connectivity index (χ2v) is 8.92. The fourth-order valence-corrected chi connectivity index (χ4v) is 4.65. The summed E-state index contributed by atoms with van der Waals surface area (Å²) in [5.41, 5.74) is 7.09. The Morgan fingerprint density at radius 3 is 2.48 bits per heavy atom. The first-order chi connectivity index (χ1) is 16.0. The van der Waals surface area contributed by atoms with Gasteiger partial charge >= 0.3 is 0 Å². The van der Waals surface area contributed by atoms with E-state index in [2.05, 4.69) is 15.3 Å². The number of aromatic nitrogens is 3. The van der Waals surface area contributed by atoms with Crippen molar-refractivity contribution in [1.82, 2.24) is 15.0 Å². The normalized spacial score (nSPS) is 11.0. The molecule has 2 heterocycles. The van der Waals surface area contributed by atoms with Crippen LogP contribution in [-0.4, -0.2) is 20.9 Å². The fraction of sp³-hybridized carbons (Fsp3) is 0.0769. The minimum absolute atomic E-state index is 0.205. The van der Waals surface area contributed by atoms with E-state index in [-0.39, 0.29) is 5.91 Å². The molecule has 1 N–H and O–H groups in total. The number of halogens is 1. The lowest BCUT2D eigenvalue weighted by Gasteiger charge is -2.08. The van der Waals surface area contributed by atoms with E-state index >= 15 is 0 Å². The van der Waals surface area contributed by atoms with Gasteiger partial charge in [-0.15, -0.1) is 11.3 Å². The topological polar surface area (TPSA) is 67.8 Å². The van der Waals surface area contributed by atoms with Gasteiger partial charge in [-0.1, -0.05) is 41.9 Å². The van der Waals surface area contributed by atoms with Gasteiger partial charge in [-0.25, -0.2) is 15.0 Å². The van der Waals surface area contributed by atoms with Crippen LogP contribution < -0.4 is 5.32 Å². The molecule has 33 heavy (non-hydrogen) atoms. The van der Waals surface area contributed by atoms with Gasteiger partial charge in [0.15, 0.2) is 0 Å². The smallest absolute Gasteiger partial charge is 0.255 e. The number of carbonyl (C=O) groups excluding carboxylic acids is 1. The zero-order valence-electron chi connectivity index (χ0n) is 18.0. The highest BCUT2D eigenvalue weighted by molar-refractivity contribution is 7.13. The van der Waals surface area contributed by atoms with Gasteiger partial charge in [0, 0.05) is 27.8 Å². The lowest BCUT2D eigenvalue weighted by atomic mass is 10.1. The number of rotatable bonds is 4. The van der Waals surface area contributed by atoms with Crippen molar-refractivity contribution in [2.45, 2.75) is 13.8 Å². The Labute approximate surface area is 200 Å². The van der Waals surface area contributed by atoms with E-state index in [1.807, 2.05) is 73.8 Å². The summed E-state index contributed by atoms with van der Waals surface area (Å²) in [6.07, 6.45) is 0. The average molecular weight is 471 g/mol. The maximum absolute atomic E-state index is 12.9. The number of aryl methyl sites for hydroxylation is 2. The molecule has 5 rings (SSSR count). The standard InChI is InChI=1S/C26H19ClN4OS/c1-15-16(2)29-23-13-18(10-11-22(23)28-15)25(32)30-19-7-5-6-17(12-19)24-14-33-26(31-24)20-8-3-4-9-21(20)27/h3-14H,1-2H3,(H,30,32). The highest BCUT2D eigenvalue weighted by atomic mass is 35.5. The summed E-state index contributed by atoms with van der Waals surface area (Å²) >= 11 is 7.85. The van der Waals surface area contributed by atoms with Crippen LogP contribution in [0.4, 0.5) is 5.69 Å². The van der Waals surface area contributed by atoms with Crippen LogP contribution in [0.15, 0.2) is 72.1 Å². The molecule has 0 aliphatic rings. The Balaban J connectivity index is 1.39. The van der Waals surface area contributed by atoms with E-state index in [0.717, 1.165) is 38.7 Å². The average Bonchev–Trinajstić information content (AvgIpc) is 3.30. The predicted molar refractivity (Wildman–Crippen MR) is 135 cm³/mol. The van der Waals surface area contributed by atoms with Crippen LogP contribution in [0.3, 0.4) is 0 Å². The van der Waals surface area contributed by atoms with Gasteiger partial charge in [0.25, 0.3) is 5.91 Å². The van der Waals surface area contributed by atoms with Crippen LogP contribution in [0.5, 0.6) is 0 Å². The van der Waals surface area contributed by atoms with Crippen molar-refractivity contribution in [3.63, 3.8) is 0 Å². The quantitative estimate of drug-likeness (QED) is 0.309. The van der Waals surface area contributed by atoms with Gasteiger partial charge in [-0.05, 0) is 50.2 Å². The van der Waals surface area contributed by atoms with Gasteiger partial charge in [0.05, 0.1) is 33.1 Å². The van der Waals surface area contributed by atoms with E-state index in [0.29, 0.717) is 21.8 Å². The van der Waals surface area contributed by atoms with Crippen LogP contribution >= 0.6 is 22.9 Å². The van der Waals surface area contributed by atoms with Crippen molar-refractivity contribution in [1.29, 1.82) is 0 Å². The molecule has 0 bridgehead atoms. The van der Waals surface area contributed by atoms with E-state index in [1.54, 1.807) is 12.1 Å². The molecule has 0 spiro atoms. The second-order valence-electron chi connectivity index (χ2n) is 7.65. The van der Waals surface area contributed by atoms with Gasteiger partial charge in [-0.2, -0.15) is 0 Å². The summed E-state index contributed by atoms with van der Waals surface area (Å²) < 4.78 is 0. The third-order valence-corrected chi connectivity index (χ3v) is 6.57. The molecule has 5 nitrogen and oxygen atoms in total. The summed E-state index contributed by atoms with van der Waals surface area (Å²) in [5.74, 6) is -0.205. The van der Waals surface area contributed by atoms with Gasteiger partial charge in [0.1, 0.15) is 5.01 Å². The summed E-state index contributed by atoms with van der Waals surface area (Å²) in [5, 5.41) is 6.49. The molecule has 0 fully saturated rings. The fourth-order valence-electron chi connectivity index (χ4n) is 3.50. The number of hydrogen-bond acceptors (Lipinski definition) is 5.